The predicted octanol–water partition coefficient (Wildman–Crippen LogP) is 2.18. The van der Waals surface area contributed by atoms with Crippen LogP contribution in [0.1, 0.15) is 5.56 Å². The second-order valence-electron chi connectivity index (χ2n) is 7.39. The molecular weight excluding hydrogens is 429 g/mol. The Hall–Kier alpha value is -1.88. The summed E-state index contributed by atoms with van der Waals surface area (Å²) in [6.07, 6.45) is -5.08. The van der Waals surface area contributed by atoms with Crippen molar-refractivity contribution in [2.45, 2.75) is 12.7 Å². The van der Waals surface area contributed by atoms with E-state index >= 15 is 0 Å². The van der Waals surface area contributed by atoms with Gasteiger partial charge in [0.25, 0.3) is 0 Å². The maximum absolute atomic E-state index is 11.7. The average Bonchev–Trinajstić information content (AvgIpc) is 3.17. The molecule has 2 atom stereocenters. The van der Waals surface area contributed by atoms with E-state index < -0.39 is 12.1 Å². The Morgan fingerprint density at radius 3 is 2.73 bits per heavy atom. The molecule has 2 N–H and O–H groups in total. The van der Waals surface area contributed by atoms with Crippen molar-refractivity contribution < 1.29 is 37.3 Å². The van der Waals surface area contributed by atoms with E-state index in [0.717, 1.165) is 31.3 Å². The molecular formula is C19H24ClF3N2O5. The van der Waals surface area contributed by atoms with Crippen molar-refractivity contribution in [3.05, 3.63) is 34.9 Å². The molecule has 0 aromatic heterocycles. The number of alkyl halides is 3. The van der Waals surface area contributed by atoms with Crippen LogP contribution in [0.5, 0.6) is 0 Å². The third kappa shape index (κ3) is 6.83. The maximum atomic E-state index is 11.7. The van der Waals surface area contributed by atoms with Crippen molar-refractivity contribution in [3.63, 3.8) is 0 Å². The highest BCUT2D eigenvalue weighted by atomic mass is 35.5. The van der Waals surface area contributed by atoms with Gasteiger partial charge < -0.3 is 19.9 Å². The number of rotatable bonds is 6. The number of methoxy groups -OCH3 is 1. The van der Waals surface area contributed by atoms with Crippen LogP contribution in [0.3, 0.4) is 0 Å². The number of likely N-dealkylation sites (tertiary alicyclic amines) is 1. The number of carboxylic acid groups (broad SMARTS) is 1. The largest absolute Gasteiger partial charge is 0.490 e. The number of halogens is 4. The highest BCUT2D eigenvalue weighted by Gasteiger charge is 2.50. The number of aliphatic carboxylic acids is 1. The van der Waals surface area contributed by atoms with Crippen LogP contribution < -0.4 is 5.32 Å². The van der Waals surface area contributed by atoms with Crippen molar-refractivity contribution in [2.75, 3.05) is 46.6 Å². The molecule has 0 saturated carbocycles. The molecule has 30 heavy (non-hydrogen) atoms. The highest BCUT2D eigenvalue weighted by Crippen LogP contribution is 2.41. The van der Waals surface area contributed by atoms with Gasteiger partial charge in [-0.3, -0.25) is 9.69 Å². The molecule has 0 bridgehead atoms. The monoisotopic (exact) mass is 452 g/mol. The number of amides is 1. The molecule has 0 radical (unpaired) electrons. The first-order valence-electron chi connectivity index (χ1n) is 9.16. The van der Waals surface area contributed by atoms with Gasteiger partial charge in [-0.2, -0.15) is 13.2 Å². The summed E-state index contributed by atoms with van der Waals surface area (Å²) in [5.74, 6) is -2.36. The van der Waals surface area contributed by atoms with Crippen molar-refractivity contribution in [1.82, 2.24) is 10.2 Å². The summed E-state index contributed by atoms with van der Waals surface area (Å²) >= 11 is 6.07. The average molecular weight is 453 g/mol. The lowest BCUT2D eigenvalue weighted by molar-refractivity contribution is -0.192. The number of hydrogen-bond donors (Lipinski definition) is 2. The van der Waals surface area contributed by atoms with Crippen LogP contribution in [0.15, 0.2) is 24.3 Å². The van der Waals surface area contributed by atoms with Crippen LogP contribution in [0.25, 0.3) is 0 Å². The van der Waals surface area contributed by atoms with E-state index in [1.807, 2.05) is 18.2 Å². The highest BCUT2D eigenvalue weighted by molar-refractivity contribution is 6.30. The van der Waals surface area contributed by atoms with Crippen molar-refractivity contribution in [3.8, 4) is 0 Å². The lowest BCUT2D eigenvalue weighted by Crippen LogP contribution is -2.44. The summed E-state index contributed by atoms with van der Waals surface area (Å²) in [6, 6.07) is 7.99. The molecule has 2 aliphatic heterocycles. The number of carbonyl (C=O) groups is 2. The molecule has 2 heterocycles. The van der Waals surface area contributed by atoms with Crippen LogP contribution in [-0.2, 0) is 25.6 Å². The molecule has 2 saturated heterocycles. The number of benzene rings is 1. The van der Waals surface area contributed by atoms with Crippen LogP contribution >= 0.6 is 11.6 Å². The lowest BCUT2D eigenvalue weighted by Gasteiger charge is -2.27. The standard InChI is InChI=1S/C17H23ClN2O3.C2HF3O2/c1-22-9-16(21)19-10-17-11-20(7-14(17)8-23-12-17)6-13-3-2-4-15(18)5-13;3-2(4,5)1(6)7/h2-5,14H,6-12H2,1H3,(H,19,21);(H,6,7)/t14-,17+;/m1./s1. The third-order valence-corrected chi connectivity index (χ3v) is 5.28. The van der Waals surface area contributed by atoms with Gasteiger partial charge in [0, 0.05) is 49.6 Å². The molecule has 3 rings (SSSR count). The molecule has 1 amide bonds. The quantitative estimate of drug-likeness (QED) is 0.688. The topological polar surface area (TPSA) is 88.1 Å². The summed E-state index contributed by atoms with van der Waals surface area (Å²) in [5, 5.41) is 10.9. The molecule has 11 heteroatoms. The van der Waals surface area contributed by atoms with Crippen molar-refractivity contribution in [1.29, 1.82) is 0 Å². The van der Waals surface area contributed by atoms with Gasteiger partial charge in [0.2, 0.25) is 5.91 Å². The van der Waals surface area contributed by atoms with E-state index in [-0.39, 0.29) is 17.9 Å². The summed E-state index contributed by atoms with van der Waals surface area (Å²) in [6.45, 7) is 5.03. The number of fused-ring (bicyclic) bond motifs is 1. The summed E-state index contributed by atoms with van der Waals surface area (Å²) in [7, 11) is 1.53. The van der Waals surface area contributed by atoms with Gasteiger partial charge in [-0.05, 0) is 17.7 Å². The van der Waals surface area contributed by atoms with Gasteiger partial charge in [-0.1, -0.05) is 23.7 Å². The molecule has 0 aliphatic carbocycles. The predicted molar refractivity (Wildman–Crippen MR) is 102 cm³/mol. The first-order valence-corrected chi connectivity index (χ1v) is 9.54. The normalized spacial score (nSPS) is 23.4. The number of nitrogens with one attached hydrogen (secondary N) is 1. The Kier molecular flexibility index (Phi) is 8.48. The molecule has 168 valence electrons. The smallest absolute Gasteiger partial charge is 0.475 e. The van der Waals surface area contributed by atoms with E-state index in [2.05, 4.69) is 16.3 Å². The van der Waals surface area contributed by atoms with Crippen molar-refractivity contribution >= 4 is 23.5 Å². The van der Waals surface area contributed by atoms with E-state index in [9.17, 15) is 18.0 Å². The van der Waals surface area contributed by atoms with E-state index in [1.54, 1.807) is 0 Å². The van der Waals surface area contributed by atoms with Gasteiger partial charge in [-0.25, -0.2) is 4.79 Å². The molecule has 7 nitrogen and oxygen atoms in total. The Morgan fingerprint density at radius 2 is 2.13 bits per heavy atom. The second kappa shape index (κ2) is 10.4. The summed E-state index contributed by atoms with van der Waals surface area (Å²) in [5.41, 5.74) is 1.24. The number of ether oxygens (including phenoxy) is 2. The SMILES string of the molecule is COCC(=O)NC[C@]12COC[C@H]1CN(Cc1cccc(Cl)c1)C2.O=C(O)C(F)(F)F. The van der Waals surface area contributed by atoms with Crippen LogP contribution in [0, 0.1) is 11.3 Å². The number of carboxylic acids is 1. The fourth-order valence-corrected chi connectivity index (χ4v) is 3.88. The zero-order chi connectivity index (χ0) is 22.4. The summed E-state index contributed by atoms with van der Waals surface area (Å²) in [4.78, 5) is 23.0. The van der Waals surface area contributed by atoms with E-state index in [4.69, 9.17) is 31.0 Å². The number of hydrogen-bond acceptors (Lipinski definition) is 5. The van der Waals surface area contributed by atoms with Gasteiger partial charge in [-0.15, -0.1) is 0 Å². The molecule has 1 aromatic rings. The second-order valence-corrected chi connectivity index (χ2v) is 7.82. The van der Waals surface area contributed by atoms with Crippen LogP contribution in [0.2, 0.25) is 5.02 Å². The Balaban J connectivity index is 0.000000396. The molecule has 2 aliphatic rings. The molecule has 1 aromatic carbocycles. The molecule has 0 spiro atoms. The Bertz CT molecular complexity index is 749. The Labute approximate surface area is 177 Å². The first-order chi connectivity index (χ1) is 14.1. The minimum Gasteiger partial charge on any atom is -0.475 e. The zero-order valence-electron chi connectivity index (χ0n) is 16.4. The lowest BCUT2D eigenvalue weighted by atomic mass is 9.81. The van der Waals surface area contributed by atoms with Crippen LogP contribution in [0.4, 0.5) is 13.2 Å². The Morgan fingerprint density at radius 1 is 1.43 bits per heavy atom. The van der Waals surface area contributed by atoms with Gasteiger partial charge in [0.05, 0.1) is 13.2 Å². The number of carbonyl (C=O) groups excluding carboxylic acids is 1. The van der Waals surface area contributed by atoms with Gasteiger partial charge in [0.15, 0.2) is 0 Å². The van der Waals surface area contributed by atoms with Gasteiger partial charge in [0.1, 0.15) is 6.61 Å². The number of nitrogens with zero attached hydrogens (tertiary/aromatic N) is 1. The minimum absolute atomic E-state index is 0.0158. The van der Waals surface area contributed by atoms with E-state index in [1.165, 1.54) is 12.7 Å². The minimum atomic E-state index is -5.08. The van der Waals surface area contributed by atoms with Crippen molar-refractivity contribution in [2.24, 2.45) is 11.3 Å². The van der Waals surface area contributed by atoms with E-state index in [0.29, 0.717) is 19.1 Å². The zero-order valence-corrected chi connectivity index (χ0v) is 17.1. The van der Waals surface area contributed by atoms with Gasteiger partial charge >= 0.3 is 12.1 Å². The molecule has 2 fully saturated rings. The van der Waals surface area contributed by atoms with Crippen LogP contribution in [-0.4, -0.2) is 74.6 Å². The third-order valence-electron chi connectivity index (χ3n) is 5.04. The first kappa shape index (κ1) is 24.4. The fourth-order valence-electron chi connectivity index (χ4n) is 3.66. The summed E-state index contributed by atoms with van der Waals surface area (Å²) < 4.78 is 42.3. The fraction of sp³-hybridized carbons (Fsp3) is 0.579. The molecule has 0 unspecified atom stereocenters. The maximum Gasteiger partial charge on any atom is 0.490 e.